The molecule has 2 saturated carbocycles. The molecule has 3 unspecified atom stereocenters. The van der Waals surface area contributed by atoms with E-state index in [4.69, 9.17) is 4.74 Å². The molecular formula is C28H48N4O3S. The van der Waals surface area contributed by atoms with Crippen molar-refractivity contribution in [2.24, 2.45) is 24.8 Å². The molecule has 0 amide bonds. The Morgan fingerprint density at radius 3 is 2.42 bits per heavy atom. The van der Waals surface area contributed by atoms with Gasteiger partial charge >= 0.3 is 0 Å². The quantitative estimate of drug-likeness (QED) is 0.559. The van der Waals surface area contributed by atoms with Gasteiger partial charge in [-0.05, 0) is 94.1 Å². The van der Waals surface area contributed by atoms with Crippen LogP contribution in [-0.4, -0.2) is 78.1 Å². The van der Waals surface area contributed by atoms with Crippen LogP contribution in [0.4, 0.5) is 0 Å². The van der Waals surface area contributed by atoms with Crippen LogP contribution in [0.25, 0.3) is 0 Å². The zero-order chi connectivity index (χ0) is 25.4. The van der Waals surface area contributed by atoms with Crippen LogP contribution in [0.15, 0.2) is 6.20 Å². The van der Waals surface area contributed by atoms with Crippen molar-refractivity contribution in [1.29, 1.82) is 0 Å². The zero-order valence-corrected chi connectivity index (χ0v) is 23.8. The number of nitrogens with zero attached hydrogens (tertiary/aromatic N) is 4. The lowest BCUT2D eigenvalue weighted by Gasteiger charge is -2.60. The molecule has 36 heavy (non-hydrogen) atoms. The molecule has 2 aliphatic heterocycles. The highest BCUT2D eigenvalue weighted by molar-refractivity contribution is 7.89. The first-order chi connectivity index (χ1) is 17.3. The van der Waals surface area contributed by atoms with Gasteiger partial charge in [-0.25, -0.2) is 12.7 Å². The Kier molecular flexibility index (Phi) is 8.16. The average Bonchev–Trinajstić information content (AvgIpc) is 3.18. The van der Waals surface area contributed by atoms with Crippen molar-refractivity contribution in [3.63, 3.8) is 0 Å². The monoisotopic (exact) mass is 520 g/mol. The van der Waals surface area contributed by atoms with Crippen molar-refractivity contribution < 1.29 is 13.2 Å². The lowest BCUT2D eigenvalue weighted by Crippen LogP contribution is -2.71. The minimum atomic E-state index is -3.26. The summed E-state index contributed by atoms with van der Waals surface area (Å²) in [5.74, 6) is 2.06. The van der Waals surface area contributed by atoms with Gasteiger partial charge in [0.05, 0.1) is 18.1 Å². The molecule has 4 fully saturated rings. The number of rotatable bonds is 6. The number of fused-ring (bicyclic) bond motifs is 1. The third-order valence-electron chi connectivity index (χ3n) is 10.3. The first-order valence-corrected chi connectivity index (χ1v) is 16.0. The van der Waals surface area contributed by atoms with Gasteiger partial charge in [-0.3, -0.25) is 9.58 Å². The van der Waals surface area contributed by atoms with Crippen molar-refractivity contribution in [3.05, 3.63) is 17.5 Å². The summed E-state index contributed by atoms with van der Waals surface area (Å²) in [6, 6.07) is 0.763. The summed E-state index contributed by atoms with van der Waals surface area (Å²) >= 11 is 0. The van der Waals surface area contributed by atoms with Crippen LogP contribution in [0.3, 0.4) is 0 Å². The van der Waals surface area contributed by atoms with E-state index < -0.39 is 10.0 Å². The first kappa shape index (κ1) is 26.6. The van der Waals surface area contributed by atoms with E-state index in [2.05, 4.69) is 30.0 Å². The molecule has 1 aromatic heterocycles. The highest BCUT2D eigenvalue weighted by Gasteiger charge is 2.53. The van der Waals surface area contributed by atoms with Crippen LogP contribution >= 0.6 is 0 Å². The molecule has 0 radical (unpaired) electrons. The van der Waals surface area contributed by atoms with Gasteiger partial charge in [0, 0.05) is 45.0 Å². The summed E-state index contributed by atoms with van der Waals surface area (Å²) in [5, 5.41) is 4.30. The van der Waals surface area contributed by atoms with Crippen LogP contribution in [0.5, 0.6) is 0 Å². The maximum atomic E-state index is 13.9. The largest absolute Gasteiger partial charge is 0.383 e. The smallest absolute Gasteiger partial charge is 0.217 e. The SMILES string of the molecule is COC[C@@H]1[C@@H](C2CCC(c3cnn(C)c3C)CC2)C2CN(S(=O)(=O)C3CCCCC3C)CCCCN21. The zero-order valence-electron chi connectivity index (χ0n) is 22.9. The molecule has 0 aromatic carbocycles. The van der Waals surface area contributed by atoms with Gasteiger partial charge in [0.15, 0.2) is 0 Å². The normalized spacial score (nSPS) is 37.1. The van der Waals surface area contributed by atoms with Crippen molar-refractivity contribution in [3.8, 4) is 0 Å². The Morgan fingerprint density at radius 1 is 1.03 bits per heavy atom. The van der Waals surface area contributed by atoms with E-state index in [0.29, 0.717) is 42.9 Å². The van der Waals surface area contributed by atoms with Gasteiger partial charge in [-0.2, -0.15) is 5.10 Å². The molecule has 0 spiro atoms. The van der Waals surface area contributed by atoms with Crippen LogP contribution in [0.2, 0.25) is 0 Å². The molecule has 1 aromatic rings. The van der Waals surface area contributed by atoms with Gasteiger partial charge in [-0.15, -0.1) is 0 Å². The molecule has 204 valence electrons. The molecule has 7 nitrogen and oxygen atoms in total. The van der Waals surface area contributed by atoms with Crippen LogP contribution in [-0.2, 0) is 21.8 Å². The number of sulfonamides is 1. The highest BCUT2D eigenvalue weighted by Crippen LogP contribution is 2.48. The third kappa shape index (κ3) is 4.92. The first-order valence-electron chi connectivity index (χ1n) is 14.5. The molecule has 4 aliphatic rings. The molecule has 8 heteroatoms. The van der Waals surface area contributed by atoms with Crippen LogP contribution < -0.4 is 0 Å². The van der Waals surface area contributed by atoms with E-state index in [1.54, 1.807) is 0 Å². The summed E-state index contributed by atoms with van der Waals surface area (Å²) in [5.41, 5.74) is 2.72. The van der Waals surface area contributed by atoms with Gasteiger partial charge in [-0.1, -0.05) is 19.8 Å². The summed E-state index contributed by atoms with van der Waals surface area (Å²) in [7, 11) is 0.589. The van der Waals surface area contributed by atoms with E-state index in [0.717, 1.165) is 45.3 Å². The standard InChI is InChI=1S/C28H48N4O3S/c1-20-9-5-6-10-27(20)36(33,34)31-15-7-8-16-32-25(18-31)28(26(32)19-35-4)23-13-11-22(12-14-23)24-17-29-30(3)21(24)2/h17,20,22-23,25-28H,5-16,18-19H2,1-4H3/t20?,22?,23?,25?,26-,27?,28+/m1/s1. The van der Waals surface area contributed by atoms with E-state index in [9.17, 15) is 8.42 Å². The molecule has 5 atom stereocenters. The summed E-state index contributed by atoms with van der Waals surface area (Å²) in [4.78, 5) is 2.61. The second kappa shape index (κ2) is 11.0. The maximum absolute atomic E-state index is 13.9. The number of methoxy groups -OCH3 is 1. The second-order valence-electron chi connectivity index (χ2n) is 12.2. The van der Waals surface area contributed by atoms with E-state index in [-0.39, 0.29) is 11.2 Å². The fraction of sp³-hybridized carbons (Fsp3) is 0.893. The van der Waals surface area contributed by atoms with Crippen molar-refractivity contribution in [2.75, 3.05) is 33.4 Å². The summed E-state index contributed by atoms with van der Waals surface area (Å²) in [6.07, 6.45) is 13.1. The average molecular weight is 521 g/mol. The van der Waals surface area contributed by atoms with Crippen molar-refractivity contribution in [2.45, 2.75) is 101 Å². The number of ether oxygens (including phenoxy) is 1. The van der Waals surface area contributed by atoms with Crippen LogP contribution in [0.1, 0.15) is 88.3 Å². The fourth-order valence-corrected chi connectivity index (χ4v) is 10.5. The van der Waals surface area contributed by atoms with Gasteiger partial charge in [0.1, 0.15) is 0 Å². The Bertz CT molecular complexity index is 987. The molecule has 5 rings (SSSR count). The van der Waals surface area contributed by atoms with E-state index in [1.807, 2.05) is 23.1 Å². The second-order valence-corrected chi connectivity index (χ2v) is 14.4. The molecular weight excluding hydrogens is 472 g/mol. The minimum Gasteiger partial charge on any atom is -0.383 e. The van der Waals surface area contributed by atoms with Crippen LogP contribution in [0, 0.1) is 24.7 Å². The van der Waals surface area contributed by atoms with E-state index in [1.165, 1.54) is 43.4 Å². The third-order valence-corrected chi connectivity index (χ3v) is 12.9. The van der Waals surface area contributed by atoms with Gasteiger partial charge < -0.3 is 4.74 Å². The predicted octanol–water partition coefficient (Wildman–Crippen LogP) is 4.32. The Balaban J connectivity index is 1.32. The summed E-state index contributed by atoms with van der Waals surface area (Å²) in [6.45, 7) is 7.55. The molecule has 2 aliphatic carbocycles. The Morgan fingerprint density at radius 2 is 1.75 bits per heavy atom. The topological polar surface area (TPSA) is 67.7 Å². The van der Waals surface area contributed by atoms with Crippen molar-refractivity contribution >= 4 is 10.0 Å². The Hall–Kier alpha value is -0.960. The fourth-order valence-electron chi connectivity index (χ4n) is 8.17. The maximum Gasteiger partial charge on any atom is 0.217 e. The lowest BCUT2D eigenvalue weighted by atomic mass is 9.64. The molecule has 0 N–H and O–H groups in total. The molecule has 0 bridgehead atoms. The minimum absolute atomic E-state index is 0.189. The number of hydrogen-bond acceptors (Lipinski definition) is 5. The Labute approximate surface area is 219 Å². The lowest BCUT2D eigenvalue weighted by molar-refractivity contribution is -0.126. The molecule has 3 heterocycles. The summed E-state index contributed by atoms with van der Waals surface area (Å²) < 4.78 is 37.4. The van der Waals surface area contributed by atoms with Crippen molar-refractivity contribution in [1.82, 2.24) is 19.0 Å². The van der Waals surface area contributed by atoms with E-state index >= 15 is 0 Å². The number of aryl methyl sites for hydroxylation is 1. The number of aromatic nitrogens is 2. The van der Waals surface area contributed by atoms with Gasteiger partial charge in [0.25, 0.3) is 0 Å². The predicted molar refractivity (Wildman–Crippen MR) is 143 cm³/mol. The molecule has 2 saturated heterocycles. The number of hydrogen-bond donors (Lipinski definition) is 0. The highest BCUT2D eigenvalue weighted by atomic mass is 32.2. The van der Waals surface area contributed by atoms with Gasteiger partial charge in [0.2, 0.25) is 10.0 Å².